The van der Waals surface area contributed by atoms with Crippen molar-refractivity contribution in [3.8, 4) is 18.2 Å². The molecular formula is C13H11N3. The molecule has 16 heavy (non-hydrogen) atoms. The van der Waals surface area contributed by atoms with Gasteiger partial charge in [-0.1, -0.05) is 13.8 Å². The van der Waals surface area contributed by atoms with Gasteiger partial charge in [-0.15, -0.1) is 0 Å². The Bertz CT molecular complexity index is 487. The van der Waals surface area contributed by atoms with Crippen molar-refractivity contribution < 1.29 is 0 Å². The van der Waals surface area contributed by atoms with Crippen LogP contribution < -0.4 is 0 Å². The Morgan fingerprint density at radius 2 is 1.50 bits per heavy atom. The molecule has 3 nitrogen and oxygen atoms in total. The standard InChI is InChI=1S/C13H11N3/c1-9(2)3-13-11(7-15)4-10(6-14)5-12(13)8-16/h4-5,9H,3H2,1-2H3. The molecule has 0 atom stereocenters. The van der Waals surface area contributed by atoms with Crippen LogP contribution in [0.2, 0.25) is 0 Å². The lowest BCUT2D eigenvalue weighted by molar-refractivity contribution is 0.645. The van der Waals surface area contributed by atoms with Crippen LogP contribution in [0.25, 0.3) is 0 Å². The predicted molar refractivity (Wildman–Crippen MR) is 59.1 cm³/mol. The second-order valence-electron chi connectivity index (χ2n) is 3.98. The second kappa shape index (κ2) is 4.96. The highest BCUT2D eigenvalue weighted by atomic mass is 14.3. The molecule has 0 aromatic heterocycles. The van der Waals surface area contributed by atoms with E-state index >= 15 is 0 Å². The van der Waals surface area contributed by atoms with E-state index < -0.39 is 0 Å². The summed E-state index contributed by atoms with van der Waals surface area (Å²) >= 11 is 0. The van der Waals surface area contributed by atoms with Crippen molar-refractivity contribution >= 4 is 0 Å². The molecule has 3 heteroatoms. The van der Waals surface area contributed by atoms with Gasteiger partial charge in [0.25, 0.3) is 0 Å². The normalized spacial score (nSPS) is 9.25. The van der Waals surface area contributed by atoms with Gasteiger partial charge in [0.05, 0.1) is 34.9 Å². The smallest absolute Gasteiger partial charge is 0.0995 e. The zero-order valence-electron chi connectivity index (χ0n) is 9.28. The van der Waals surface area contributed by atoms with Crippen LogP contribution in [-0.4, -0.2) is 0 Å². The van der Waals surface area contributed by atoms with Gasteiger partial charge in [0.15, 0.2) is 0 Å². The van der Waals surface area contributed by atoms with Gasteiger partial charge in [-0.05, 0) is 30.0 Å². The Hall–Kier alpha value is -2.31. The molecular weight excluding hydrogens is 198 g/mol. The van der Waals surface area contributed by atoms with Crippen LogP contribution in [-0.2, 0) is 6.42 Å². The molecule has 0 saturated heterocycles. The highest BCUT2D eigenvalue weighted by Gasteiger charge is 2.12. The Morgan fingerprint density at radius 3 is 1.81 bits per heavy atom. The van der Waals surface area contributed by atoms with Crippen LogP contribution in [0.3, 0.4) is 0 Å². The van der Waals surface area contributed by atoms with Crippen molar-refractivity contribution in [1.29, 1.82) is 15.8 Å². The van der Waals surface area contributed by atoms with E-state index in [1.165, 1.54) is 0 Å². The summed E-state index contributed by atoms with van der Waals surface area (Å²) < 4.78 is 0. The summed E-state index contributed by atoms with van der Waals surface area (Å²) in [5, 5.41) is 26.8. The third-order valence-electron chi connectivity index (χ3n) is 2.23. The average molecular weight is 209 g/mol. The monoisotopic (exact) mass is 209 g/mol. The van der Waals surface area contributed by atoms with Crippen molar-refractivity contribution in [1.82, 2.24) is 0 Å². The second-order valence-corrected chi connectivity index (χ2v) is 3.98. The highest BCUT2D eigenvalue weighted by molar-refractivity contribution is 5.53. The van der Waals surface area contributed by atoms with E-state index in [1.807, 2.05) is 32.1 Å². The molecule has 0 aliphatic rings. The molecule has 0 fully saturated rings. The van der Waals surface area contributed by atoms with Gasteiger partial charge in [0.2, 0.25) is 0 Å². The van der Waals surface area contributed by atoms with Crippen molar-refractivity contribution in [2.75, 3.05) is 0 Å². The SMILES string of the molecule is CC(C)Cc1c(C#N)cc(C#N)cc1C#N. The van der Waals surface area contributed by atoms with Crippen LogP contribution in [0.5, 0.6) is 0 Å². The van der Waals surface area contributed by atoms with E-state index in [0.717, 1.165) is 5.56 Å². The Balaban J connectivity index is 3.42. The molecule has 0 bridgehead atoms. The maximum absolute atomic E-state index is 9.00. The van der Waals surface area contributed by atoms with Crippen molar-refractivity contribution in [2.24, 2.45) is 5.92 Å². The number of hydrogen-bond acceptors (Lipinski definition) is 3. The van der Waals surface area contributed by atoms with Gasteiger partial charge < -0.3 is 0 Å². The Kier molecular flexibility index (Phi) is 3.65. The molecule has 78 valence electrons. The summed E-state index contributed by atoms with van der Waals surface area (Å²) in [7, 11) is 0. The zero-order chi connectivity index (χ0) is 12.1. The van der Waals surface area contributed by atoms with Gasteiger partial charge in [0, 0.05) is 0 Å². The molecule has 0 aliphatic carbocycles. The molecule has 0 aliphatic heterocycles. The molecule has 0 unspecified atom stereocenters. The van der Waals surface area contributed by atoms with E-state index in [2.05, 4.69) is 0 Å². The Labute approximate surface area is 95.2 Å². The van der Waals surface area contributed by atoms with Crippen molar-refractivity contribution in [3.63, 3.8) is 0 Å². The van der Waals surface area contributed by atoms with Gasteiger partial charge in [-0.3, -0.25) is 0 Å². The first kappa shape index (κ1) is 11.8. The molecule has 0 amide bonds. The van der Waals surface area contributed by atoms with E-state index in [0.29, 0.717) is 29.0 Å². The molecule has 0 N–H and O–H groups in total. The summed E-state index contributed by atoms with van der Waals surface area (Å²) in [6.07, 6.45) is 0.678. The molecule has 1 aromatic rings. The lowest BCUT2D eigenvalue weighted by atomic mass is 9.92. The summed E-state index contributed by atoms with van der Waals surface area (Å²) in [4.78, 5) is 0. The largest absolute Gasteiger partial charge is 0.192 e. The number of nitriles is 3. The van der Waals surface area contributed by atoms with E-state index in [-0.39, 0.29) is 0 Å². The third kappa shape index (κ3) is 2.38. The van der Waals surface area contributed by atoms with E-state index in [9.17, 15) is 0 Å². The summed E-state index contributed by atoms with van der Waals surface area (Å²) in [5.74, 6) is 0.368. The Morgan fingerprint density at radius 1 is 1.00 bits per heavy atom. The van der Waals surface area contributed by atoms with E-state index in [1.54, 1.807) is 12.1 Å². The molecule has 0 radical (unpaired) electrons. The lowest BCUT2D eigenvalue weighted by Crippen LogP contribution is -2.01. The fourth-order valence-electron chi connectivity index (χ4n) is 1.56. The number of rotatable bonds is 2. The zero-order valence-corrected chi connectivity index (χ0v) is 9.28. The predicted octanol–water partition coefficient (Wildman–Crippen LogP) is 2.50. The summed E-state index contributed by atoms with van der Waals surface area (Å²) in [6, 6.07) is 9.13. The summed E-state index contributed by atoms with van der Waals surface area (Å²) in [6.45, 7) is 4.06. The van der Waals surface area contributed by atoms with Crippen LogP contribution >= 0.6 is 0 Å². The minimum absolute atomic E-state index is 0.362. The molecule has 0 saturated carbocycles. The van der Waals surface area contributed by atoms with Crippen LogP contribution in [0.1, 0.15) is 36.1 Å². The minimum Gasteiger partial charge on any atom is -0.192 e. The fourth-order valence-corrected chi connectivity index (χ4v) is 1.56. The van der Waals surface area contributed by atoms with Gasteiger partial charge in [0.1, 0.15) is 0 Å². The first-order valence-corrected chi connectivity index (χ1v) is 4.99. The lowest BCUT2D eigenvalue weighted by Gasteiger charge is -2.09. The van der Waals surface area contributed by atoms with Crippen LogP contribution in [0, 0.1) is 39.9 Å². The maximum atomic E-state index is 9.00. The number of nitrogens with zero attached hydrogens (tertiary/aromatic N) is 3. The maximum Gasteiger partial charge on any atom is 0.0995 e. The topological polar surface area (TPSA) is 71.4 Å². The first-order chi connectivity index (χ1) is 7.62. The minimum atomic E-state index is 0.362. The first-order valence-electron chi connectivity index (χ1n) is 4.99. The highest BCUT2D eigenvalue weighted by Crippen LogP contribution is 2.20. The van der Waals surface area contributed by atoms with Gasteiger partial charge in [-0.2, -0.15) is 15.8 Å². The van der Waals surface area contributed by atoms with Crippen molar-refractivity contribution in [3.05, 3.63) is 34.4 Å². The third-order valence-corrected chi connectivity index (χ3v) is 2.23. The molecule has 0 spiro atoms. The van der Waals surface area contributed by atoms with Crippen LogP contribution in [0.4, 0.5) is 0 Å². The summed E-state index contributed by atoms with van der Waals surface area (Å²) in [5.41, 5.74) is 1.98. The fraction of sp³-hybridized carbons (Fsp3) is 0.308. The van der Waals surface area contributed by atoms with Crippen molar-refractivity contribution in [2.45, 2.75) is 20.3 Å². The molecule has 1 rings (SSSR count). The van der Waals surface area contributed by atoms with Crippen LogP contribution in [0.15, 0.2) is 12.1 Å². The molecule has 0 heterocycles. The number of hydrogen-bond donors (Lipinski definition) is 0. The van der Waals surface area contributed by atoms with Gasteiger partial charge >= 0.3 is 0 Å². The number of benzene rings is 1. The quantitative estimate of drug-likeness (QED) is 0.751. The van der Waals surface area contributed by atoms with Gasteiger partial charge in [-0.25, -0.2) is 0 Å². The average Bonchev–Trinajstić information content (AvgIpc) is 2.28. The van der Waals surface area contributed by atoms with E-state index in [4.69, 9.17) is 15.8 Å². The molecule has 1 aromatic carbocycles.